The van der Waals surface area contributed by atoms with Crippen LogP contribution in [0.1, 0.15) is 142 Å². The van der Waals surface area contributed by atoms with Gasteiger partial charge in [-0.15, -0.1) is 0 Å². The summed E-state index contributed by atoms with van der Waals surface area (Å²) in [5, 5.41) is 25.6. The van der Waals surface area contributed by atoms with Gasteiger partial charge in [-0.3, -0.25) is 19.5 Å². The number of nitrogens with one attached hydrogen (secondary N) is 1. The largest absolute Gasteiger partial charge is 0.392 e. The van der Waals surface area contributed by atoms with Crippen molar-refractivity contribution < 1.29 is 34.2 Å². The standard InChI is InChI=1S/C52H70N2O6/c1-30-22-31(24-33(23-30)32-13-20-59-21-14-32)25-34-28-54(35-12-19-53-41(34)35)29-52-18-17-48(6,26-37(56)45-47(4,5)60-45)40-36(55)27-51(9,42(40)52)50(8)16-10-38-46(2,3)39(57)11-15-49(38,7)43(50)44(52)58/h12,19,22-24,32,37-38,43-45,56,58H,10-11,13-18,20-21,25-29H2,1-9H3/p+1/t37-,38-,43-,44+,45+,48+,49-,50-,51+,52-/m1/s1. The van der Waals surface area contributed by atoms with Crippen molar-refractivity contribution in [2.75, 3.05) is 26.3 Å². The van der Waals surface area contributed by atoms with E-state index in [2.05, 4.69) is 72.7 Å². The number of carbonyl (C=O) groups excluding carboxylic acids is 2. The third kappa shape index (κ3) is 5.68. The van der Waals surface area contributed by atoms with Gasteiger partial charge in [-0.05, 0) is 123 Å². The fraction of sp³-hybridized carbons (Fsp3) is 0.712. The SMILES string of the molecule is Cc1cc(CC2=C3N=CC=C3[NH+](C[C@]34CC[C@@](C)(C[C@@H](O)[C@@H]5OC5(C)C)C5=C3[C@](C)(CC5=O)[C@]3(C)CC[C@@H]5C(C)(C)C(=O)CC[C@@]5(C)[C@H]3[C@@H]4O)C2)cc(C2CCOCC2)c1. The van der Waals surface area contributed by atoms with Crippen molar-refractivity contribution in [2.45, 2.75) is 163 Å². The molecule has 4 aliphatic heterocycles. The van der Waals surface area contributed by atoms with Crippen LogP contribution >= 0.6 is 0 Å². The van der Waals surface area contributed by atoms with Crippen molar-refractivity contribution in [2.24, 2.45) is 49.3 Å². The number of epoxide rings is 1. The molecule has 0 bridgehead atoms. The predicted octanol–water partition coefficient (Wildman–Crippen LogP) is 7.35. The number of allylic oxidation sites excluding steroid dienone is 2. The van der Waals surface area contributed by atoms with Crippen molar-refractivity contribution in [3.63, 3.8) is 0 Å². The summed E-state index contributed by atoms with van der Waals surface area (Å²) in [6.07, 6.45) is 11.0. The first kappa shape index (κ1) is 41.3. The second kappa shape index (κ2) is 13.4. The van der Waals surface area contributed by atoms with Crippen LogP contribution in [0, 0.1) is 51.2 Å². The summed E-state index contributed by atoms with van der Waals surface area (Å²) >= 11 is 0. The summed E-state index contributed by atoms with van der Waals surface area (Å²) in [5.74, 6) is 1.17. The number of quaternary nitrogens is 1. The number of ketones is 2. The number of nitrogens with zero attached hydrogens (tertiary/aromatic N) is 1. The Morgan fingerprint density at radius 2 is 1.68 bits per heavy atom. The molecule has 8 heteroatoms. The first-order chi connectivity index (χ1) is 28.2. The highest BCUT2D eigenvalue weighted by Crippen LogP contribution is 2.79. The maximum atomic E-state index is 15.1. The molecular formula is C52H71N2O6+. The maximum Gasteiger partial charge on any atom is 0.160 e. The molecule has 3 N–H and O–H groups in total. The minimum Gasteiger partial charge on any atom is -0.392 e. The van der Waals surface area contributed by atoms with E-state index in [-0.39, 0.29) is 40.2 Å². The number of hydrogen-bond donors (Lipinski definition) is 3. The highest BCUT2D eigenvalue weighted by Gasteiger charge is 2.77. The number of aliphatic hydroxyl groups excluding tert-OH is 2. The van der Waals surface area contributed by atoms with Gasteiger partial charge in [0.1, 0.15) is 24.1 Å². The normalized spacial score (nSPS) is 43.1. The molecular weight excluding hydrogens is 749 g/mol. The molecule has 60 heavy (non-hydrogen) atoms. The second-order valence-electron chi connectivity index (χ2n) is 23.5. The van der Waals surface area contributed by atoms with Crippen LogP contribution in [0.15, 0.2) is 57.4 Å². The summed E-state index contributed by atoms with van der Waals surface area (Å²) in [6, 6.07) is 7.13. The summed E-state index contributed by atoms with van der Waals surface area (Å²) in [6.45, 7) is 23.2. The van der Waals surface area contributed by atoms with E-state index in [0.717, 1.165) is 82.4 Å². The highest BCUT2D eigenvalue weighted by molar-refractivity contribution is 6.02. The van der Waals surface area contributed by atoms with E-state index in [1.165, 1.54) is 38.4 Å². The molecule has 1 aromatic rings. The number of carbonyl (C=O) groups is 2. The molecule has 5 aliphatic carbocycles. The zero-order valence-electron chi connectivity index (χ0n) is 37.9. The second-order valence-corrected chi connectivity index (χ2v) is 23.5. The highest BCUT2D eigenvalue weighted by atomic mass is 16.6. The molecule has 0 spiro atoms. The molecule has 5 fully saturated rings. The minimum absolute atomic E-state index is 0.0775. The van der Waals surface area contributed by atoms with E-state index in [1.54, 1.807) is 0 Å². The minimum atomic E-state index is -0.690. The molecule has 4 heterocycles. The average molecular weight is 820 g/mol. The van der Waals surface area contributed by atoms with Crippen molar-refractivity contribution in [1.82, 2.24) is 0 Å². The van der Waals surface area contributed by atoms with Gasteiger partial charge in [-0.1, -0.05) is 65.3 Å². The molecule has 0 radical (unpaired) electrons. The van der Waals surface area contributed by atoms with Crippen LogP contribution in [0.5, 0.6) is 0 Å². The number of Topliss-reactive ketones (excluding diaryl/α,β-unsaturated/α-hetero) is 2. The van der Waals surface area contributed by atoms with Crippen molar-refractivity contribution in [3.05, 3.63) is 69.1 Å². The lowest BCUT2D eigenvalue weighted by Gasteiger charge is -2.72. The van der Waals surface area contributed by atoms with E-state index in [9.17, 15) is 15.0 Å². The molecule has 11 atom stereocenters. The number of aryl methyl sites for hydroxylation is 1. The molecule has 10 rings (SSSR count). The van der Waals surface area contributed by atoms with E-state index in [1.807, 2.05) is 20.1 Å². The maximum absolute atomic E-state index is 15.1. The van der Waals surface area contributed by atoms with E-state index in [4.69, 9.17) is 14.5 Å². The van der Waals surface area contributed by atoms with Gasteiger partial charge < -0.3 is 19.7 Å². The number of fused-ring (bicyclic) bond motifs is 5. The van der Waals surface area contributed by atoms with Gasteiger partial charge in [0.15, 0.2) is 11.5 Å². The summed E-state index contributed by atoms with van der Waals surface area (Å²) in [5.41, 5.74) is 6.71. The molecule has 0 aromatic heterocycles. The fourth-order valence-electron chi connectivity index (χ4n) is 16.2. The van der Waals surface area contributed by atoms with Crippen LogP contribution in [0.25, 0.3) is 0 Å². The van der Waals surface area contributed by atoms with Gasteiger partial charge in [0.05, 0.1) is 29.8 Å². The van der Waals surface area contributed by atoms with Crippen molar-refractivity contribution in [1.29, 1.82) is 0 Å². The third-order valence-corrected chi connectivity index (χ3v) is 19.3. The van der Waals surface area contributed by atoms with Gasteiger partial charge >= 0.3 is 0 Å². The topological polar surface area (TPSA) is 113 Å². The van der Waals surface area contributed by atoms with Gasteiger partial charge in [-0.25, -0.2) is 0 Å². The summed E-state index contributed by atoms with van der Waals surface area (Å²) in [4.78, 5) is 35.1. The monoisotopic (exact) mass is 820 g/mol. The quantitative estimate of drug-likeness (QED) is 0.237. The Morgan fingerprint density at radius 1 is 0.950 bits per heavy atom. The average Bonchev–Trinajstić information content (AvgIpc) is 3.47. The van der Waals surface area contributed by atoms with Gasteiger partial charge in [0.25, 0.3) is 0 Å². The van der Waals surface area contributed by atoms with Gasteiger partial charge in [0, 0.05) is 66.7 Å². The Hall–Kier alpha value is -2.75. The Morgan fingerprint density at radius 3 is 2.40 bits per heavy atom. The number of benzene rings is 1. The van der Waals surface area contributed by atoms with Crippen LogP contribution in [0.4, 0.5) is 0 Å². The van der Waals surface area contributed by atoms with E-state index >= 15 is 4.79 Å². The zero-order chi connectivity index (χ0) is 42.6. The number of aliphatic hydroxyl groups is 2. The fourth-order valence-corrected chi connectivity index (χ4v) is 16.2. The van der Waals surface area contributed by atoms with E-state index < -0.39 is 33.9 Å². The predicted molar refractivity (Wildman–Crippen MR) is 233 cm³/mol. The lowest BCUT2D eigenvalue weighted by atomic mass is 9.32. The van der Waals surface area contributed by atoms with Gasteiger partial charge in [-0.2, -0.15) is 0 Å². The zero-order valence-corrected chi connectivity index (χ0v) is 37.9. The molecule has 3 saturated carbocycles. The van der Waals surface area contributed by atoms with Crippen LogP contribution in [-0.2, 0) is 25.5 Å². The lowest BCUT2D eigenvalue weighted by molar-refractivity contribution is -0.856. The Bertz CT molecular complexity index is 2170. The molecule has 8 nitrogen and oxygen atoms in total. The number of rotatable bonds is 8. The number of aliphatic imine (C=N–C) groups is 1. The van der Waals surface area contributed by atoms with Crippen LogP contribution < -0.4 is 4.90 Å². The Kier molecular flexibility index (Phi) is 9.21. The third-order valence-electron chi connectivity index (χ3n) is 19.3. The first-order valence-corrected chi connectivity index (χ1v) is 23.5. The molecule has 9 aliphatic rings. The number of hydrogen-bond acceptors (Lipinski definition) is 7. The first-order valence-electron chi connectivity index (χ1n) is 23.5. The molecule has 0 amide bonds. The number of ether oxygens (including phenoxy) is 2. The van der Waals surface area contributed by atoms with E-state index in [0.29, 0.717) is 37.5 Å². The van der Waals surface area contributed by atoms with Crippen LogP contribution in [-0.4, -0.2) is 78.2 Å². The van der Waals surface area contributed by atoms with Crippen molar-refractivity contribution in [3.8, 4) is 0 Å². The molecule has 2 saturated heterocycles. The molecule has 1 aromatic carbocycles. The van der Waals surface area contributed by atoms with Gasteiger partial charge in [0.2, 0.25) is 0 Å². The van der Waals surface area contributed by atoms with Crippen molar-refractivity contribution >= 4 is 17.8 Å². The Balaban J connectivity index is 1.06. The summed E-state index contributed by atoms with van der Waals surface area (Å²) < 4.78 is 11.7. The Labute approximate surface area is 358 Å². The molecule has 324 valence electrons. The molecule has 1 unspecified atom stereocenters. The smallest absolute Gasteiger partial charge is 0.160 e. The van der Waals surface area contributed by atoms with Crippen LogP contribution in [0.2, 0.25) is 0 Å². The summed E-state index contributed by atoms with van der Waals surface area (Å²) in [7, 11) is 0. The van der Waals surface area contributed by atoms with Crippen LogP contribution in [0.3, 0.4) is 0 Å². The lowest BCUT2D eigenvalue weighted by Crippen LogP contribution is -3.11.